The van der Waals surface area contributed by atoms with Crippen LogP contribution < -0.4 is 0 Å². The summed E-state index contributed by atoms with van der Waals surface area (Å²) in [5.41, 5.74) is 6.24. The molecule has 0 saturated heterocycles. The summed E-state index contributed by atoms with van der Waals surface area (Å²) in [6, 6.07) is 17.0. The van der Waals surface area contributed by atoms with Crippen molar-refractivity contribution in [3.8, 4) is 0 Å². The van der Waals surface area contributed by atoms with Gasteiger partial charge in [-0.1, -0.05) is 48.9 Å². The lowest BCUT2D eigenvalue weighted by molar-refractivity contribution is -0.119. The van der Waals surface area contributed by atoms with E-state index in [9.17, 15) is 4.79 Å². The Balaban J connectivity index is 1.98. The van der Waals surface area contributed by atoms with Crippen molar-refractivity contribution < 1.29 is 4.79 Å². The minimum atomic E-state index is 0.136. The fourth-order valence-corrected chi connectivity index (χ4v) is 3.98. The zero-order chi connectivity index (χ0) is 16.0. The van der Waals surface area contributed by atoms with Crippen molar-refractivity contribution in [1.29, 1.82) is 0 Å². The molecule has 4 rings (SSSR count). The van der Waals surface area contributed by atoms with Crippen molar-refractivity contribution in [3.05, 3.63) is 70.9 Å². The van der Waals surface area contributed by atoms with Gasteiger partial charge in [0.15, 0.2) is 0 Å². The van der Waals surface area contributed by atoms with Gasteiger partial charge in [-0.15, -0.1) is 0 Å². The van der Waals surface area contributed by atoms with E-state index in [1.807, 2.05) is 6.07 Å². The maximum Gasteiger partial charge on any atom is 0.134 e. The van der Waals surface area contributed by atoms with E-state index >= 15 is 0 Å². The number of hydrogen-bond acceptors (Lipinski definition) is 1. The number of aromatic nitrogens is 1. The lowest BCUT2D eigenvalue weighted by Crippen LogP contribution is -2.06. The number of Topliss-reactive ketones (excluding diaryl/α,β-unsaturated/α-hetero) is 1. The molecule has 0 bridgehead atoms. The Morgan fingerprint density at radius 3 is 2.61 bits per heavy atom. The predicted octanol–water partition coefficient (Wildman–Crippen LogP) is 5.07. The Kier molecular flexibility index (Phi) is 3.33. The van der Waals surface area contributed by atoms with Crippen LogP contribution in [0.4, 0.5) is 0 Å². The molecule has 1 N–H and O–H groups in total. The highest BCUT2D eigenvalue weighted by atomic mass is 16.1. The molecule has 2 nitrogen and oxygen atoms in total. The molecule has 116 valence electrons. The lowest BCUT2D eigenvalue weighted by Gasteiger charge is -2.15. The molecule has 23 heavy (non-hydrogen) atoms. The molecule has 0 fully saturated rings. The number of carbonyl (C=O) groups is 1. The Morgan fingerprint density at radius 1 is 1.04 bits per heavy atom. The van der Waals surface area contributed by atoms with E-state index in [0.717, 1.165) is 0 Å². The highest BCUT2D eigenvalue weighted by Crippen LogP contribution is 2.42. The molecule has 1 aromatic heterocycles. The Labute approximate surface area is 136 Å². The number of aryl methyl sites for hydroxylation is 1. The summed E-state index contributed by atoms with van der Waals surface area (Å²) in [6.45, 7) is 4.31. The Morgan fingerprint density at radius 2 is 1.83 bits per heavy atom. The zero-order valence-corrected chi connectivity index (χ0v) is 13.6. The van der Waals surface area contributed by atoms with Crippen molar-refractivity contribution in [2.75, 3.05) is 0 Å². The normalized spacial score (nSPS) is 21.2. The smallest absolute Gasteiger partial charge is 0.134 e. The average Bonchev–Trinajstić information content (AvgIpc) is 2.85. The fourth-order valence-electron chi connectivity index (χ4n) is 3.98. The first-order valence-corrected chi connectivity index (χ1v) is 8.32. The second kappa shape index (κ2) is 5.38. The first-order valence-electron chi connectivity index (χ1n) is 8.32. The molecule has 1 aliphatic rings. The number of nitrogens with one attached hydrogen (secondary N) is 1. The van der Waals surface area contributed by atoms with Crippen molar-refractivity contribution in [2.24, 2.45) is 0 Å². The van der Waals surface area contributed by atoms with Gasteiger partial charge in [0, 0.05) is 35.4 Å². The third-order valence-corrected chi connectivity index (χ3v) is 5.03. The second-order valence-electron chi connectivity index (χ2n) is 6.81. The van der Waals surface area contributed by atoms with E-state index in [2.05, 4.69) is 61.3 Å². The standard InChI is InChI=1S/C21H21NO/c1-13-8-9-19-18(10-13)20-14(2)11-16(23)12-17(21(20)22-19)15-6-4-3-5-7-15/h3-10,14,17,22H,11-12H2,1-2H3/t14-,17-/m1/s1. The van der Waals surface area contributed by atoms with Crippen LogP contribution in [0.1, 0.15) is 54.0 Å². The van der Waals surface area contributed by atoms with Crippen LogP contribution in [0.15, 0.2) is 48.5 Å². The van der Waals surface area contributed by atoms with Gasteiger partial charge in [0.05, 0.1) is 0 Å². The lowest BCUT2D eigenvalue weighted by atomic mass is 9.89. The van der Waals surface area contributed by atoms with Crippen LogP contribution in [0.5, 0.6) is 0 Å². The third kappa shape index (κ3) is 2.39. The van der Waals surface area contributed by atoms with Crippen LogP contribution in [0.2, 0.25) is 0 Å². The van der Waals surface area contributed by atoms with Crippen LogP contribution in [0, 0.1) is 6.92 Å². The van der Waals surface area contributed by atoms with E-state index in [4.69, 9.17) is 0 Å². The first-order chi connectivity index (χ1) is 11.1. The van der Waals surface area contributed by atoms with Gasteiger partial charge in [0.25, 0.3) is 0 Å². The van der Waals surface area contributed by atoms with Gasteiger partial charge in [0.2, 0.25) is 0 Å². The fraction of sp³-hybridized carbons (Fsp3) is 0.286. The number of hydrogen-bond donors (Lipinski definition) is 1. The van der Waals surface area contributed by atoms with Crippen molar-refractivity contribution in [3.63, 3.8) is 0 Å². The topological polar surface area (TPSA) is 32.9 Å². The van der Waals surface area contributed by atoms with Crippen molar-refractivity contribution in [2.45, 2.75) is 38.5 Å². The molecular weight excluding hydrogens is 282 g/mol. The summed E-state index contributed by atoms with van der Waals surface area (Å²) in [6.07, 6.45) is 1.23. The maximum atomic E-state index is 12.4. The van der Waals surface area contributed by atoms with E-state index in [1.54, 1.807) is 0 Å². The van der Waals surface area contributed by atoms with Crippen LogP contribution in [0.3, 0.4) is 0 Å². The van der Waals surface area contributed by atoms with E-state index in [-0.39, 0.29) is 11.8 Å². The molecule has 1 aliphatic carbocycles. The highest BCUT2D eigenvalue weighted by molar-refractivity contribution is 5.90. The maximum absolute atomic E-state index is 12.4. The monoisotopic (exact) mass is 303 g/mol. The number of carbonyl (C=O) groups excluding carboxylic acids is 1. The van der Waals surface area contributed by atoms with Gasteiger partial charge < -0.3 is 4.98 Å². The molecule has 2 heteroatoms. The molecule has 0 aliphatic heterocycles. The van der Waals surface area contributed by atoms with Crippen LogP contribution in [-0.2, 0) is 4.79 Å². The summed E-state index contributed by atoms with van der Waals surface area (Å²) < 4.78 is 0. The summed E-state index contributed by atoms with van der Waals surface area (Å²) in [5, 5.41) is 1.28. The molecule has 0 unspecified atom stereocenters. The summed E-state index contributed by atoms with van der Waals surface area (Å²) in [4.78, 5) is 16.1. The predicted molar refractivity (Wildman–Crippen MR) is 94.0 cm³/mol. The molecule has 0 radical (unpaired) electrons. The van der Waals surface area contributed by atoms with Gasteiger partial charge >= 0.3 is 0 Å². The van der Waals surface area contributed by atoms with Gasteiger partial charge in [-0.2, -0.15) is 0 Å². The summed E-state index contributed by atoms with van der Waals surface area (Å²) in [7, 11) is 0. The molecule has 2 aromatic carbocycles. The van der Waals surface area contributed by atoms with E-state index in [0.29, 0.717) is 18.6 Å². The molecule has 0 amide bonds. The number of fused-ring (bicyclic) bond motifs is 3. The number of aromatic amines is 1. The van der Waals surface area contributed by atoms with Crippen LogP contribution in [-0.4, -0.2) is 10.8 Å². The average molecular weight is 303 g/mol. The molecule has 0 spiro atoms. The third-order valence-electron chi connectivity index (χ3n) is 5.03. The Hall–Kier alpha value is -2.35. The van der Waals surface area contributed by atoms with Crippen LogP contribution >= 0.6 is 0 Å². The number of rotatable bonds is 1. The van der Waals surface area contributed by atoms with Gasteiger partial charge in [-0.05, 0) is 36.1 Å². The number of ketones is 1. The van der Waals surface area contributed by atoms with Gasteiger partial charge in [-0.3, -0.25) is 4.79 Å². The molecule has 0 saturated carbocycles. The quantitative estimate of drug-likeness (QED) is 0.625. The zero-order valence-electron chi connectivity index (χ0n) is 13.6. The van der Waals surface area contributed by atoms with Gasteiger partial charge in [0.1, 0.15) is 5.78 Å². The van der Waals surface area contributed by atoms with E-state index in [1.165, 1.54) is 33.3 Å². The molecular formula is C21H21NO. The second-order valence-corrected chi connectivity index (χ2v) is 6.81. The molecule has 3 aromatic rings. The Bertz CT molecular complexity index is 875. The minimum absolute atomic E-state index is 0.136. The number of H-pyrrole nitrogens is 1. The molecule has 1 heterocycles. The number of benzene rings is 2. The van der Waals surface area contributed by atoms with Crippen molar-refractivity contribution >= 4 is 16.7 Å². The summed E-state index contributed by atoms with van der Waals surface area (Å²) in [5.74, 6) is 0.759. The summed E-state index contributed by atoms with van der Waals surface area (Å²) >= 11 is 0. The van der Waals surface area contributed by atoms with Crippen molar-refractivity contribution in [1.82, 2.24) is 4.98 Å². The minimum Gasteiger partial charge on any atom is -0.358 e. The largest absolute Gasteiger partial charge is 0.358 e. The van der Waals surface area contributed by atoms with E-state index < -0.39 is 0 Å². The van der Waals surface area contributed by atoms with Gasteiger partial charge in [-0.25, -0.2) is 0 Å². The first kappa shape index (κ1) is 14.3. The van der Waals surface area contributed by atoms with Crippen LogP contribution in [0.25, 0.3) is 10.9 Å². The highest BCUT2D eigenvalue weighted by Gasteiger charge is 2.31. The SMILES string of the molecule is Cc1ccc2[nH]c3c(c2c1)[C@H](C)CC(=O)C[C@@H]3c1ccccc1. The molecule has 2 atom stereocenters.